The number of allylic oxidation sites excluding steroid dienone is 4. The number of unbranched alkanes of at least 4 members (excludes halogenated alkanes) is 2. The van der Waals surface area contributed by atoms with Gasteiger partial charge in [-0.1, -0.05) is 6.08 Å². The first-order chi connectivity index (χ1) is 28.0. The number of carbonyl (C=O) groups is 1. The lowest BCUT2D eigenvalue weighted by Gasteiger charge is -2.30. The van der Waals surface area contributed by atoms with Crippen molar-refractivity contribution in [3.63, 3.8) is 0 Å². The average molecular weight is 884 g/mol. The minimum atomic E-state index is -4.07. The third-order valence-electron chi connectivity index (χ3n) is 11.1. The van der Waals surface area contributed by atoms with E-state index in [-0.39, 0.29) is 23.5 Å². The molecule has 2 aliphatic heterocycles. The maximum absolute atomic E-state index is 13.0. The number of rotatable bonds is 26. The van der Waals surface area contributed by atoms with E-state index in [1.807, 2.05) is 37.3 Å². The zero-order chi connectivity index (χ0) is 43.4. The van der Waals surface area contributed by atoms with Crippen molar-refractivity contribution in [3.05, 3.63) is 71.5 Å². The molecule has 4 rings (SSSR count). The summed E-state index contributed by atoms with van der Waals surface area (Å²) in [5.74, 6) is -1.07. The van der Waals surface area contributed by atoms with Gasteiger partial charge in [0.2, 0.25) is 5.69 Å². The number of aliphatic carboxylic acids is 1. The summed E-state index contributed by atoms with van der Waals surface area (Å²) in [5, 5.41) is 9.22. The largest absolute Gasteiger partial charge is 0.481 e. The first kappa shape index (κ1) is 48.3. The first-order valence-corrected chi connectivity index (χ1v) is 23.5. The predicted molar refractivity (Wildman–Crippen MR) is 225 cm³/mol. The van der Waals surface area contributed by atoms with Gasteiger partial charge in [0.05, 0.1) is 62.1 Å². The summed E-state index contributed by atoms with van der Waals surface area (Å²) in [7, 11) is -0.993. The highest BCUT2D eigenvalue weighted by molar-refractivity contribution is 7.87. The lowest BCUT2D eigenvalue weighted by Crippen LogP contribution is -2.33. The molecule has 0 spiro atoms. The van der Waals surface area contributed by atoms with E-state index in [2.05, 4.69) is 16.4 Å². The number of anilines is 1. The van der Waals surface area contributed by atoms with E-state index < -0.39 is 48.1 Å². The van der Waals surface area contributed by atoms with Crippen molar-refractivity contribution in [2.75, 3.05) is 85.7 Å². The summed E-state index contributed by atoms with van der Waals surface area (Å²) < 4.78 is 97.4. The molecule has 328 valence electrons. The fourth-order valence-corrected chi connectivity index (χ4v) is 9.81. The van der Waals surface area contributed by atoms with Crippen LogP contribution in [-0.2, 0) is 73.7 Å². The highest BCUT2D eigenvalue weighted by Crippen LogP contribution is 2.51. The summed E-state index contributed by atoms with van der Waals surface area (Å²) in [6.45, 7) is 6.62. The first-order valence-electron chi connectivity index (χ1n) is 19.5. The highest BCUT2D eigenvalue weighted by Gasteiger charge is 2.48. The molecule has 0 aromatic heterocycles. The van der Waals surface area contributed by atoms with Gasteiger partial charge in [-0.05, 0) is 87.9 Å². The Morgan fingerprint density at radius 2 is 1.59 bits per heavy atom. The smallest absolute Gasteiger partial charge is 0.303 e. The number of nitrogens with zero attached hydrogens (tertiary/aromatic N) is 2. The van der Waals surface area contributed by atoms with E-state index in [0.29, 0.717) is 75.7 Å². The molecule has 0 aliphatic carbocycles. The third kappa shape index (κ3) is 11.5. The number of methoxy groups -OCH3 is 2. The molecule has 59 heavy (non-hydrogen) atoms. The van der Waals surface area contributed by atoms with Crippen LogP contribution in [0.5, 0.6) is 0 Å². The number of benzene rings is 2. The average Bonchev–Trinajstić information content (AvgIpc) is 3.58. The van der Waals surface area contributed by atoms with E-state index in [1.165, 1.54) is 13.2 Å². The van der Waals surface area contributed by atoms with Gasteiger partial charge in [-0.2, -0.15) is 21.4 Å². The molecule has 2 aromatic carbocycles. The Morgan fingerprint density at radius 1 is 0.847 bits per heavy atom. The molecule has 0 saturated heterocycles. The number of carboxylic acid groups (broad SMARTS) is 1. The van der Waals surface area contributed by atoms with Crippen molar-refractivity contribution < 1.29 is 62.3 Å². The fraction of sp³-hybridized carbons (Fsp3) is 0.561. The van der Waals surface area contributed by atoms with Crippen LogP contribution in [0.3, 0.4) is 0 Å². The third-order valence-corrected chi connectivity index (χ3v) is 14.6. The number of hydrogen-bond acceptors (Lipinski definition) is 13. The summed E-state index contributed by atoms with van der Waals surface area (Å²) >= 11 is -1.67. The lowest BCUT2D eigenvalue weighted by atomic mass is 9.76. The van der Waals surface area contributed by atoms with Gasteiger partial charge in [-0.3, -0.25) is 17.3 Å². The molecule has 3 unspecified atom stereocenters. The Balaban J connectivity index is 1.91. The maximum atomic E-state index is 13.0. The normalized spacial score (nSPS) is 20.5. The van der Waals surface area contributed by atoms with Crippen LogP contribution >= 0.6 is 0 Å². The summed E-state index contributed by atoms with van der Waals surface area (Å²) in [5.41, 5.74) is 3.60. The Kier molecular flexibility index (Phi) is 17.6. The van der Waals surface area contributed by atoms with Crippen molar-refractivity contribution in [3.8, 4) is 0 Å². The molecule has 2 aromatic rings. The number of hydrogen-bond donors (Lipinski definition) is 1. The van der Waals surface area contributed by atoms with Gasteiger partial charge in [0.1, 0.15) is 6.54 Å². The maximum Gasteiger partial charge on any atom is 0.303 e. The molecule has 2 heterocycles. The molecular weight excluding hydrogens is 825 g/mol. The van der Waals surface area contributed by atoms with Gasteiger partial charge in [-0.25, -0.2) is 4.21 Å². The highest BCUT2D eigenvalue weighted by atomic mass is 32.2. The van der Waals surface area contributed by atoms with Crippen LogP contribution in [0.1, 0.15) is 69.9 Å². The molecule has 2 aliphatic rings. The second-order valence-electron chi connectivity index (χ2n) is 14.7. The molecule has 0 radical (unpaired) electrons. The second-order valence-corrected chi connectivity index (χ2v) is 19.6. The molecule has 0 bridgehead atoms. The van der Waals surface area contributed by atoms with Crippen LogP contribution in [0.25, 0.3) is 0 Å². The van der Waals surface area contributed by atoms with Crippen molar-refractivity contribution in [2.45, 2.75) is 79.4 Å². The van der Waals surface area contributed by atoms with E-state index in [1.54, 1.807) is 32.4 Å². The summed E-state index contributed by atoms with van der Waals surface area (Å²) in [4.78, 5) is 13.8. The van der Waals surface area contributed by atoms with Gasteiger partial charge < -0.3 is 24.2 Å². The number of carboxylic acids is 1. The van der Waals surface area contributed by atoms with E-state index in [9.17, 15) is 30.9 Å². The van der Waals surface area contributed by atoms with E-state index in [4.69, 9.17) is 26.8 Å². The molecule has 15 nitrogen and oxygen atoms in total. The second kappa shape index (κ2) is 21.5. The number of fused-ring (bicyclic) bond motifs is 2. The molecule has 3 atom stereocenters. The Morgan fingerprint density at radius 3 is 2.25 bits per heavy atom. The fourth-order valence-electron chi connectivity index (χ4n) is 7.87. The Labute approximate surface area is 351 Å². The Bertz CT molecular complexity index is 2140. The van der Waals surface area contributed by atoms with Gasteiger partial charge >= 0.3 is 5.97 Å². The molecule has 1 N–H and O–H groups in total. The van der Waals surface area contributed by atoms with Crippen molar-refractivity contribution in [1.82, 2.24) is 0 Å². The van der Waals surface area contributed by atoms with Crippen LogP contribution in [0.2, 0.25) is 0 Å². The van der Waals surface area contributed by atoms with Crippen molar-refractivity contribution >= 4 is 54.4 Å². The van der Waals surface area contributed by atoms with Gasteiger partial charge in [0.15, 0.2) is 16.8 Å². The Hall–Kier alpha value is -3.33. The quantitative estimate of drug-likeness (QED) is 0.0723. The monoisotopic (exact) mass is 883 g/mol. The molecule has 18 heteroatoms. The van der Waals surface area contributed by atoms with Crippen molar-refractivity contribution in [2.24, 2.45) is 0 Å². The SMILES string of the molecule is COCCOCCN1/C(=C/C=C/C2=[N+](CCCCCC(=O)O)c3ccc(S(=O)OC)cc3C2(C)CCOC)C(C)(CCCS(=O)(=O)OC)c2cc(S(=O)(=O)OC)ccc21. The van der Waals surface area contributed by atoms with E-state index in [0.717, 1.165) is 49.0 Å². The van der Waals surface area contributed by atoms with E-state index >= 15 is 0 Å². The van der Waals surface area contributed by atoms with Crippen LogP contribution in [-0.4, -0.2) is 123 Å². The summed E-state index contributed by atoms with van der Waals surface area (Å²) in [6.07, 6.45) is 9.17. The summed E-state index contributed by atoms with van der Waals surface area (Å²) in [6, 6.07) is 10.5. The lowest BCUT2D eigenvalue weighted by molar-refractivity contribution is -0.438. The standard InChI is InChI=1S/C41H58N2O13S3/c1-40(20-12-28-58(47,48)54-6)34-30-32(59(49,50)55-7)17-19-36(34)43(23-25-56-27-26-52-4)37(40)13-11-14-38-41(2,21-24-51-3)33-29-31(57(46)53-5)16-18-35(33)42(38)22-10-8-9-15-39(44)45/h11,13-14,16-19,29-30H,8-10,12,15,20-28H2,1-7H3/p+1. The topological polar surface area (TPSA) is 184 Å². The molecule has 0 fully saturated rings. The zero-order valence-electron chi connectivity index (χ0n) is 35.1. The zero-order valence-corrected chi connectivity index (χ0v) is 37.5. The van der Waals surface area contributed by atoms with Gasteiger partial charge in [-0.15, -0.1) is 0 Å². The van der Waals surface area contributed by atoms with Crippen molar-refractivity contribution in [1.29, 1.82) is 0 Å². The molecule has 0 amide bonds. The minimum Gasteiger partial charge on any atom is -0.481 e. The van der Waals surface area contributed by atoms with Crippen LogP contribution in [0, 0.1) is 0 Å². The number of ether oxygens (including phenoxy) is 3. The van der Waals surface area contributed by atoms with Crippen LogP contribution < -0.4 is 4.90 Å². The predicted octanol–water partition coefficient (Wildman–Crippen LogP) is 5.37. The van der Waals surface area contributed by atoms with Gasteiger partial charge in [0, 0.05) is 74.7 Å². The molecule has 0 saturated carbocycles. The van der Waals surface area contributed by atoms with Gasteiger partial charge in [0.25, 0.3) is 20.2 Å². The molecular formula is C41H59N2O13S3+. The van der Waals surface area contributed by atoms with Crippen LogP contribution in [0.15, 0.2) is 70.1 Å². The van der Waals surface area contributed by atoms with Crippen LogP contribution in [0.4, 0.5) is 11.4 Å². The minimum absolute atomic E-state index is 0.0245.